The van der Waals surface area contributed by atoms with Crippen LogP contribution in [0.3, 0.4) is 0 Å². The lowest BCUT2D eigenvalue weighted by Gasteiger charge is -2.10. The van der Waals surface area contributed by atoms with Gasteiger partial charge in [-0.2, -0.15) is 21.6 Å². The summed E-state index contributed by atoms with van der Waals surface area (Å²) in [5.41, 5.74) is -0.511. The summed E-state index contributed by atoms with van der Waals surface area (Å²) in [6, 6.07) is 8.46. The van der Waals surface area contributed by atoms with Gasteiger partial charge in [-0.15, -0.1) is 0 Å². The normalized spacial score (nSPS) is 11.8. The summed E-state index contributed by atoms with van der Waals surface area (Å²) in [6.45, 7) is 1.32. The third-order valence-electron chi connectivity index (χ3n) is 2.85. The maximum atomic E-state index is 12.5. The first-order chi connectivity index (χ1) is 11.1. The third kappa shape index (κ3) is 4.48. The first-order valence-corrected chi connectivity index (χ1v) is 7.98. The van der Waals surface area contributed by atoms with E-state index in [1.165, 1.54) is 31.2 Å². The SMILES string of the molecule is CC(=O)Nc1ccc(OS(=O)(=O)c2ccc(C(F)(F)F)cc2)cc1. The van der Waals surface area contributed by atoms with Gasteiger partial charge in [0.05, 0.1) is 5.56 Å². The number of halogens is 3. The van der Waals surface area contributed by atoms with E-state index in [1.807, 2.05) is 0 Å². The number of amides is 1. The summed E-state index contributed by atoms with van der Waals surface area (Å²) in [7, 11) is -4.27. The molecule has 9 heteroatoms. The quantitative estimate of drug-likeness (QED) is 0.849. The van der Waals surface area contributed by atoms with Crippen molar-refractivity contribution in [3.05, 3.63) is 54.1 Å². The van der Waals surface area contributed by atoms with Crippen molar-refractivity contribution in [2.24, 2.45) is 0 Å². The van der Waals surface area contributed by atoms with E-state index < -0.39 is 26.8 Å². The van der Waals surface area contributed by atoms with Crippen LogP contribution >= 0.6 is 0 Å². The zero-order valence-corrected chi connectivity index (χ0v) is 13.1. The van der Waals surface area contributed by atoms with Crippen LogP contribution in [0.4, 0.5) is 18.9 Å². The summed E-state index contributed by atoms with van der Waals surface area (Å²) in [5, 5.41) is 2.50. The van der Waals surface area contributed by atoms with Gasteiger partial charge < -0.3 is 9.50 Å². The van der Waals surface area contributed by atoms with Gasteiger partial charge in [-0.1, -0.05) is 0 Å². The molecular weight excluding hydrogens is 347 g/mol. The first-order valence-electron chi connectivity index (χ1n) is 6.57. The Morgan fingerprint density at radius 1 is 1.00 bits per heavy atom. The van der Waals surface area contributed by atoms with Crippen molar-refractivity contribution < 1.29 is 30.6 Å². The number of benzene rings is 2. The van der Waals surface area contributed by atoms with Gasteiger partial charge in [0.25, 0.3) is 0 Å². The lowest BCUT2D eigenvalue weighted by atomic mass is 10.2. The molecule has 1 N–H and O–H groups in total. The molecule has 0 fully saturated rings. The van der Waals surface area contributed by atoms with E-state index in [4.69, 9.17) is 4.18 Å². The zero-order chi connectivity index (χ0) is 18.0. The average molecular weight is 359 g/mol. The van der Waals surface area contributed by atoms with Gasteiger partial charge in [0.1, 0.15) is 10.6 Å². The standard InChI is InChI=1S/C15H12F3NO4S/c1-10(20)19-12-4-6-13(7-5-12)23-24(21,22)14-8-2-11(3-9-14)15(16,17)18/h2-9H,1H3,(H,19,20). The zero-order valence-electron chi connectivity index (χ0n) is 12.3. The van der Waals surface area contributed by atoms with E-state index in [-0.39, 0.29) is 11.7 Å². The van der Waals surface area contributed by atoms with Crippen molar-refractivity contribution in [3.63, 3.8) is 0 Å². The molecule has 2 rings (SSSR count). The molecule has 2 aromatic rings. The number of nitrogens with one attached hydrogen (secondary N) is 1. The molecule has 5 nitrogen and oxygen atoms in total. The number of anilines is 1. The van der Waals surface area contributed by atoms with Crippen molar-refractivity contribution in [1.82, 2.24) is 0 Å². The van der Waals surface area contributed by atoms with Gasteiger partial charge in [-0.3, -0.25) is 4.79 Å². The topological polar surface area (TPSA) is 72.5 Å². The Bertz CT molecular complexity index is 829. The van der Waals surface area contributed by atoms with Crippen molar-refractivity contribution >= 4 is 21.7 Å². The molecule has 0 saturated carbocycles. The minimum absolute atomic E-state index is 0.0380. The smallest absolute Gasteiger partial charge is 0.379 e. The maximum Gasteiger partial charge on any atom is 0.416 e. The van der Waals surface area contributed by atoms with Crippen LogP contribution in [0.15, 0.2) is 53.4 Å². The van der Waals surface area contributed by atoms with Crippen molar-refractivity contribution in [2.45, 2.75) is 18.0 Å². The van der Waals surface area contributed by atoms with Gasteiger partial charge in [0.2, 0.25) is 5.91 Å². The highest BCUT2D eigenvalue weighted by molar-refractivity contribution is 7.87. The van der Waals surface area contributed by atoms with E-state index in [9.17, 15) is 26.4 Å². The lowest BCUT2D eigenvalue weighted by Crippen LogP contribution is -2.11. The summed E-state index contributed by atoms with van der Waals surface area (Å²) >= 11 is 0. The molecule has 128 valence electrons. The highest BCUT2D eigenvalue weighted by Crippen LogP contribution is 2.30. The molecule has 0 bridgehead atoms. The molecule has 0 unspecified atom stereocenters. The highest BCUT2D eigenvalue weighted by Gasteiger charge is 2.30. The van der Waals surface area contributed by atoms with Crippen molar-refractivity contribution in [3.8, 4) is 5.75 Å². The Morgan fingerprint density at radius 2 is 1.54 bits per heavy atom. The predicted octanol–water partition coefficient (Wildman–Crippen LogP) is 3.43. The van der Waals surface area contributed by atoms with E-state index >= 15 is 0 Å². The number of alkyl halides is 3. The van der Waals surface area contributed by atoms with Crippen LogP contribution in [0, 0.1) is 0 Å². The van der Waals surface area contributed by atoms with Crippen LogP contribution < -0.4 is 9.50 Å². The largest absolute Gasteiger partial charge is 0.416 e. The van der Waals surface area contributed by atoms with Crippen LogP contribution in [0.5, 0.6) is 5.75 Å². The molecule has 0 aromatic heterocycles. The fraction of sp³-hybridized carbons (Fsp3) is 0.133. The molecule has 0 aliphatic carbocycles. The Balaban J connectivity index is 2.17. The Hall–Kier alpha value is -2.55. The average Bonchev–Trinajstić information content (AvgIpc) is 2.48. The fourth-order valence-corrected chi connectivity index (χ4v) is 2.71. The minimum atomic E-state index is -4.55. The van der Waals surface area contributed by atoms with Crippen LogP contribution in [-0.4, -0.2) is 14.3 Å². The van der Waals surface area contributed by atoms with Gasteiger partial charge in [-0.25, -0.2) is 0 Å². The second-order valence-electron chi connectivity index (χ2n) is 4.77. The highest BCUT2D eigenvalue weighted by atomic mass is 32.2. The molecule has 0 aliphatic heterocycles. The number of carbonyl (C=O) groups excluding carboxylic acids is 1. The summed E-state index contributed by atoms with van der Waals surface area (Å²) in [5.74, 6) is -0.329. The second kappa shape index (κ2) is 6.52. The van der Waals surface area contributed by atoms with E-state index in [0.717, 1.165) is 12.1 Å². The molecule has 0 radical (unpaired) electrons. The van der Waals surface area contributed by atoms with Gasteiger partial charge in [0.15, 0.2) is 0 Å². The first kappa shape index (κ1) is 17.8. The van der Waals surface area contributed by atoms with Crippen LogP contribution in [-0.2, 0) is 21.1 Å². The Morgan fingerprint density at radius 3 is 2.00 bits per heavy atom. The van der Waals surface area contributed by atoms with Crippen LogP contribution in [0.1, 0.15) is 12.5 Å². The maximum absolute atomic E-state index is 12.5. The summed E-state index contributed by atoms with van der Waals surface area (Å²) in [4.78, 5) is 10.5. The van der Waals surface area contributed by atoms with Crippen molar-refractivity contribution in [2.75, 3.05) is 5.32 Å². The number of hydrogen-bond acceptors (Lipinski definition) is 4. The van der Waals surface area contributed by atoms with E-state index in [2.05, 4.69) is 5.32 Å². The Labute approximate surface area is 136 Å². The Kier molecular flexibility index (Phi) is 4.83. The number of hydrogen-bond donors (Lipinski definition) is 1. The predicted molar refractivity (Wildman–Crippen MR) is 80.0 cm³/mol. The van der Waals surface area contributed by atoms with Gasteiger partial charge >= 0.3 is 16.3 Å². The monoisotopic (exact) mass is 359 g/mol. The van der Waals surface area contributed by atoms with E-state index in [0.29, 0.717) is 17.8 Å². The van der Waals surface area contributed by atoms with Crippen LogP contribution in [0.2, 0.25) is 0 Å². The lowest BCUT2D eigenvalue weighted by molar-refractivity contribution is -0.137. The minimum Gasteiger partial charge on any atom is -0.379 e. The van der Waals surface area contributed by atoms with E-state index in [1.54, 1.807) is 0 Å². The second-order valence-corrected chi connectivity index (χ2v) is 6.31. The molecule has 0 aliphatic rings. The fourth-order valence-electron chi connectivity index (χ4n) is 1.78. The van der Waals surface area contributed by atoms with Gasteiger partial charge in [0, 0.05) is 12.6 Å². The van der Waals surface area contributed by atoms with Crippen LogP contribution in [0.25, 0.3) is 0 Å². The molecular formula is C15H12F3NO4S. The molecule has 0 atom stereocenters. The molecule has 1 amide bonds. The molecule has 2 aromatic carbocycles. The van der Waals surface area contributed by atoms with Gasteiger partial charge in [-0.05, 0) is 48.5 Å². The summed E-state index contributed by atoms with van der Waals surface area (Å²) in [6.07, 6.45) is -4.55. The molecule has 0 saturated heterocycles. The molecule has 0 spiro atoms. The number of carbonyl (C=O) groups is 1. The van der Waals surface area contributed by atoms with Crippen molar-refractivity contribution in [1.29, 1.82) is 0 Å². The summed E-state index contributed by atoms with van der Waals surface area (Å²) < 4.78 is 66.4. The molecule has 24 heavy (non-hydrogen) atoms. The molecule has 0 heterocycles. The third-order valence-corrected chi connectivity index (χ3v) is 4.11. The number of rotatable bonds is 4.